The Morgan fingerprint density at radius 2 is 1.97 bits per heavy atom. The van der Waals surface area contributed by atoms with Crippen molar-refractivity contribution in [2.75, 3.05) is 5.32 Å². The molecule has 4 aromatic rings. The topological polar surface area (TPSA) is 81.4 Å². The van der Waals surface area contributed by atoms with E-state index < -0.39 is 11.7 Å². The molecule has 0 spiro atoms. The maximum Gasteiger partial charge on any atom is 0.412 e. The molecule has 0 unspecified atom stereocenters. The van der Waals surface area contributed by atoms with Gasteiger partial charge in [-0.1, -0.05) is 29.8 Å². The number of nitrogens with zero attached hydrogens (tertiary/aromatic N) is 4. The molecular weight excluding hydrogens is 505 g/mol. The van der Waals surface area contributed by atoms with Gasteiger partial charge < -0.3 is 4.74 Å². The number of ether oxygens (including phenoxy) is 1. The lowest BCUT2D eigenvalue weighted by molar-refractivity contribution is 0.0636. The van der Waals surface area contributed by atoms with E-state index in [0.29, 0.717) is 33.4 Å². The van der Waals surface area contributed by atoms with E-state index in [1.807, 2.05) is 57.3 Å². The number of hydrogen-bond donors (Lipinski definition) is 1. The fourth-order valence-electron chi connectivity index (χ4n) is 2.86. The number of fused-ring (bicyclic) bond motifs is 2. The summed E-state index contributed by atoms with van der Waals surface area (Å²) in [6, 6.07) is 11.2. The van der Waals surface area contributed by atoms with Crippen molar-refractivity contribution in [2.24, 2.45) is 0 Å². The molecule has 0 bridgehead atoms. The highest BCUT2D eigenvalue weighted by Gasteiger charge is 2.18. The van der Waals surface area contributed by atoms with Crippen LogP contribution in [-0.2, 0) is 4.74 Å². The van der Waals surface area contributed by atoms with Gasteiger partial charge in [0.15, 0.2) is 11.5 Å². The smallest absolute Gasteiger partial charge is 0.412 e. The highest BCUT2D eigenvalue weighted by molar-refractivity contribution is 14.1. The quantitative estimate of drug-likeness (QED) is 0.350. The van der Waals surface area contributed by atoms with Crippen molar-refractivity contribution >= 4 is 62.5 Å². The molecule has 0 saturated carbocycles. The predicted octanol–water partition coefficient (Wildman–Crippen LogP) is 5.55. The van der Waals surface area contributed by atoms with Crippen molar-refractivity contribution in [3.05, 3.63) is 51.2 Å². The van der Waals surface area contributed by atoms with Gasteiger partial charge in [0.2, 0.25) is 0 Å². The zero-order chi connectivity index (χ0) is 20.8. The second kappa shape index (κ2) is 7.42. The number of carbonyl (C=O) groups is 1. The van der Waals surface area contributed by atoms with Gasteiger partial charge in [-0.05, 0) is 61.6 Å². The molecule has 0 atom stereocenters. The zero-order valence-electron chi connectivity index (χ0n) is 15.9. The number of hydrogen-bond acceptors (Lipinski definition) is 5. The highest BCUT2D eigenvalue weighted by atomic mass is 127. The number of amides is 1. The predicted molar refractivity (Wildman–Crippen MR) is 121 cm³/mol. The Kier molecular flexibility index (Phi) is 5.07. The largest absolute Gasteiger partial charge is 0.444 e. The van der Waals surface area contributed by atoms with Crippen LogP contribution in [0.2, 0.25) is 5.02 Å². The molecule has 4 rings (SSSR count). The van der Waals surface area contributed by atoms with Gasteiger partial charge in [0.1, 0.15) is 11.3 Å². The number of aromatic nitrogens is 4. The summed E-state index contributed by atoms with van der Waals surface area (Å²) in [6.45, 7) is 5.44. The standard InChI is InChI=1S/C20H17ClIN5O2/c1-20(2,3)29-19(28)24-13-6-4-5-11-7-8-14(23-16(11)13)17-25-26-18-15(21)12(22)9-10-27(17)18/h4-10H,1-3H3,(H,24,28). The summed E-state index contributed by atoms with van der Waals surface area (Å²) in [5.41, 5.74) is 1.77. The number of para-hydroxylation sites is 1. The minimum absolute atomic E-state index is 0.536. The molecule has 1 amide bonds. The molecule has 0 saturated heterocycles. The van der Waals surface area contributed by atoms with Gasteiger partial charge in [-0.2, -0.15) is 0 Å². The van der Waals surface area contributed by atoms with Gasteiger partial charge in [-0.25, -0.2) is 9.78 Å². The Morgan fingerprint density at radius 3 is 2.72 bits per heavy atom. The Labute approximate surface area is 185 Å². The lowest BCUT2D eigenvalue weighted by Gasteiger charge is -2.20. The second-order valence-corrected chi connectivity index (χ2v) is 8.94. The normalized spacial score (nSPS) is 11.8. The van der Waals surface area contributed by atoms with E-state index in [1.54, 1.807) is 10.5 Å². The molecular formula is C20H17ClIN5O2. The van der Waals surface area contributed by atoms with Crippen molar-refractivity contribution in [3.63, 3.8) is 0 Å². The molecule has 9 heteroatoms. The average Bonchev–Trinajstić information content (AvgIpc) is 3.08. The zero-order valence-corrected chi connectivity index (χ0v) is 18.8. The van der Waals surface area contributed by atoms with Gasteiger partial charge >= 0.3 is 6.09 Å². The first-order valence-corrected chi connectivity index (χ1v) is 10.3. The Balaban J connectivity index is 1.78. The Morgan fingerprint density at radius 1 is 1.17 bits per heavy atom. The number of pyridine rings is 2. The lowest BCUT2D eigenvalue weighted by Crippen LogP contribution is -2.27. The summed E-state index contributed by atoms with van der Waals surface area (Å²) in [5.74, 6) is 0.562. The first-order chi connectivity index (χ1) is 13.7. The van der Waals surface area contributed by atoms with Crippen LogP contribution in [0.3, 0.4) is 0 Å². The number of benzene rings is 1. The summed E-state index contributed by atoms with van der Waals surface area (Å²) in [7, 11) is 0. The number of anilines is 1. The van der Waals surface area contributed by atoms with E-state index in [-0.39, 0.29) is 0 Å². The number of nitrogens with one attached hydrogen (secondary N) is 1. The summed E-state index contributed by atoms with van der Waals surface area (Å²) in [6.07, 6.45) is 1.32. The molecule has 148 valence electrons. The van der Waals surface area contributed by atoms with E-state index in [0.717, 1.165) is 8.96 Å². The maximum absolute atomic E-state index is 12.2. The molecule has 0 aliphatic heterocycles. The fourth-order valence-corrected chi connectivity index (χ4v) is 3.46. The van der Waals surface area contributed by atoms with E-state index in [4.69, 9.17) is 21.3 Å². The van der Waals surface area contributed by atoms with Gasteiger partial charge in [-0.3, -0.25) is 9.72 Å². The average molecular weight is 522 g/mol. The summed E-state index contributed by atoms with van der Waals surface area (Å²) in [5, 5.41) is 12.7. The molecule has 0 aliphatic carbocycles. The molecule has 1 aromatic carbocycles. The van der Waals surface area contributed by atoms with Gasteiger partial charge in [0.25, 0.3) is 0 Å². The number of carbonyl (C=O) groups excluding carboxylic acids is 1. The van der Waals surface area contributed by atoms with Crippen molar-refractivity contribution in [2.45, 2.75) is 26.4 Å². The number of rotatable bonds is 2. The molecule has 0 aliphatic rings. The first kappa shape index (κ1) is 19.8. The second-order valence-electron chi connectivity index (χ2n) is 7.40. The lowest BCUT2D eigenvalue weighted by atomic mass is 10.1. The van der Waals surface area contributed by atoms with Gasteiger partial charge in [-0.15, -0.1) is 10.2 Å². The minimum atomic E-state index is -0.593. The van der Waals surface area contributed by atoms with E-state index in [1.165, 1.54) is 0 Å². The Hall–Kier alpha value is -2.46. The summed E-state index contributed by atoms with van der Waals surface area (Å²) < 4.78 is 8.04. The SMILES string of the molecule is CC(C)(C)OC(=O)Nc1cccc2ccc(-c3nnc4c(Cl)c(I)ccn34)nc12. The maximum atomic E-state index is 12.2. The van der Waals surface area contributed by atoms with Crippen LogP contribution in [0.1, 0.15) is 20.8 Å². The van der Waals surface area contributed by atoms with Crippen LogP contribution in [0, 0.1) is 3.57 Å². The van der Waals surface area contributed by atoms with Crippen LogP contribution in [-0.4, -0.2) is 31.3 Å². The van der Waals surface area contributed by atoms with Crippen LogP contribution in [0.5, 0.6) is 0 Å². The van der Waals surface area contributed by atoms with E-state index >= 15 is 0 Å². The monoisotopic (exact) mass is 521 g/mol. The van der Waals surface area contributed by atoms with E-state index in [9.17, 15) is 4.79 Å². The fraction of sp³-hybridized carbons (Fsp3) is 0.200. The van der Waals surface area contributed by atoms with Crippen LogP contribution in [0.25, 0.3) is 28.1 Å². The van der Waals surface area contributed by atoms with Crippen molar-refractivity contribution in [1.82, 2.24) is 19.6 Å². The number of halogens is 2. The highest BCUT2D eigenvalue weighted by Crippen LogP contribution is 2.28. The molecule has 1 N–H and O–H groups in total. The van der Waals surface area contributed by atoms with Crippen LogP contribution >= 0.6 is 34.2 Å². The first-order valence-electron chi connectivity index (χ1n) is 8.82. The van der Waals surface area contributed by atoms with Crippen LogP contribution in [0.15, 0.2) is 42.6 Å². The van der Waals surface area contributed by atoms with Crippen molar-refractivity contribution < 1.29 is 9.53 Å². The van der Waals surface area contributed by atoms with Crippen molar-refractivity contribution in [3.8, 4) is 11.5 Å². The van der Waals surface area contributed by atoms with Crippen LogP contribution in [0.4, 0.5) is 10.5 Å². The van der Waals surface area contributed by atoms with Gasteiger partial charge in [0, 0.05) is 15.2 Å². The molecule has 0 radical (unpaired) electrons. The third-order valence-electron chi connectivity index (χ3n) is 4.06. The van der Waals surface area contributed by atoms with Crippen LogP contribution < -0.4 is 5.32 Å². The minimum Gasteiger partial charge on any atom is -0.444 e. The van der Waals surface area contributed by atoms with E-state index in [2.05, 4.69) is 38.1 Å². The van der Waals surface area contributed by atoms with Gasteiger partial charge in [0.05, 0.1) is 16.2 Å². The molecule has 3 heterocycles. The summed E-state index contributed by atoms with van der Waals surface area (Å²) >= 11 is 8.50. The van der Waals surface area contributed by atoms with Crippen molar-refractivity contribution in [1.29, 1.82) is 0 Å². The Bertz CT molecular complexity index is 1250. The molecule has 0 fully saturated rings. The molecule has 29 heavy (non-hydrogen) atoms. The molecule has 3 aromatic heterocycles. The molecule has 7 nitrogen and oxygen atoms in total. The third-order valence-corrected chi connectivity index (χ3v) is 5.65. The third kappa shape index (κ3) is 3.99. The summed E-state index contributed by atoms with van der Waals surface area (Å²) in [4.78, 5) is 17.0.